The van der Waals surface area contributed by atoms with Gasteiger partial charge in [0.1, 0.15) is 0 Å². The van der Waals surface area contributed by atoms with E-state index >= 15 is 0 Å². The highest BCUT2D eigenvalue weighted by molar-refractivity contribution is 4.70. The zero-order chi connectivity index (χ0) is 9.72. The van der Waals surface area contributed by atoms with Crippen LogP contribution in [0, 0.1) is 23.7 Å². The number of hydrogen-bond acceptors (Lipinski definition) is 0. The lowest BCUT2D eigenvalue weighted by Gasteiger charge is -2.29. The van der Waals surface area contributed by atoms with Crippen LogP contribution in [0.3, 0.4) is 0 Å². The smallest absolute Gasteiger partial charge is 0.0389 e. The first kappa shape index (κ1) is 19.6. The average Bonchev–Trinajstić information content (AvgIpc) is 2.12. The minimum absolute atomic E-state index is 0. The Morgan fingerprint density at radius 2 is 0.857 bits per heavy atom. The fraction of sp³-hybridized carbons (Fsp3) is 1.00. The van der Waals surface area contributed by atoms with Crippen LogP contribution in [-0.4, -0.2) is 0 Å². The Bertz CT molecular complexity index is 92.6. The molecule has 90 valence electrons. The van der Waals surface area contributed by atoms with E-state index in [0.717, 1.165) is 23.7 Å². The van der Waals surface area contributed by atoms with Crippen molar-refractivity contribution in [2.24, 2.45) is 23.7 Å². The van der Waals surface area contributed by atoms with Crippen LogP contribution in [0.4, 0.5) is 0 Å². The molecule has 0 aliphatic carbocycles. The van der Waals surface area contributed by atoms with Gasteiger partial charge in [0.2, 0.25) is 0 Å². The summed E-state index contributed by atoms with van der Waals surface area (Å²) in [6.07, 6.45) is 2.64. The van der Waals surface area contributed by atoms with Crippen molar-refractivity contribution in [3.63, 3.8) is 0 Å². The summed E-state index contributed by atoms with van der Waals surface area (Å²) in [5, 5.41) is 0. The van der Waals surface area contributed by atoms with Crippen LogP contribution < -0.4 is 0 Å². The molecule has 0 aromatic heterocycles. The van der Waals surface area contributed by atoms with E-state index in [1.54, 1.807) is 0 Å². The molecule has 0 spiro atoms. The molecule has 14 heavy (non-hydrogen) atoms. The monoisotopic (exact) mass is 202 g/mol. The molecule has 0 saturated heterocycles. The molecular formula is C14H34. The molecule has 0 aromatic carbocycles. The van der Waals surface area contributed by atoms with Gasteiger partial charge in [-0.25, -0.2) is 0 Å². The SMILES string of the molecule is C.C.CCC(C)C(C)C(C)C(C)CC. The second-order valence-corrected chi connectivity index (χ2v) is 4.49. The van der Waals surface area contributed by atoms with Crippen LogP contribution in [0.15, 0.2) is 0 Å². The van der Waals surface area contributed by atoms with E-state index in [0.29, 0.717) is 0 Å². The first-order valence-corrected chi connectivity index (χ1v) is 5.54. The van der Waals surface area contributed by atoms with Gasteiger partial charge >= 0.3 is 0 Å². The Morgan fingerprint density at radius 1 is 0.643 bits per heavy atom. The second-order valence-electron chi connectivity index (χ2n) is 4.49. The van der Waals surface area contributed by atoms with Crippen LogP contribution in [-0.2, 0) is 0 Å². The summed E-state index contributed by atoms with van der Waals surface area (Å²) in [6, 6.07) is 0. The van der Waals surface area contributed by atoms with Gasteiger partial charge in [0.25, 0.3) is 0 Å². The van der Waals surface area contributed by atoms with Crippen molar-refractivity contribution in [3.8, 4) is 0 Å². The predicted molar refractivity (Wildman–Crippen MR) is 70.7 cm³/mol. The Balaban J connectivity index is -0.000000605. The van der Waals surface area contributed by atoms with Gasteiger partial charge in [0.15, 0.2) is 0 Å². The zero-order valence-electron chi connectivity index (χ0n) is 9.72. The van der Waals surface area contributed by atoms with Crippen LogP contribution >= 0.6 is 0 Å². The average molecular weight is 202 g/mol. The largest absolute Gasteiger partial charge is 0.0776 e. The molecule has 0 nitrogen and oxygen atoms in total. The van der Waals surface area contributed by atoms with Crippen molar-refractivity contribution in [2.45, 2.75) is 69.2 Å². The molecule has 0 rings (SSSR count). The molecule has 0 aliphatic rings. The van der Waals surface area contributed by atoms with Crippen LogP contribution in [0.5, 0.6) is 0 Å². The van der Waals surface area contributed by atoms with Crippen molar-refractivity contribution >= 4 is 0 Å². The van der Waals surface area contributed by atoms with Gasteiger partial charge in [-0.2, -0.15) is 0 Å². The van der Waals surface area contributed by atoms with E-state index in [-0.39, 0.29) is 14.9 Å². The summed E-state index contributed by atoms with van der Waals surface area (Å²) in [6.45, 7) is 14.2. The third-order valence-corrected chi connectivity index (χ3v) is 3.91. The topological polar surface area (TPSA) is 0 Å². The third-order valence-electron chi connectivity index (χ3n) is 3.91. The molecule has 0 heterocycles. The minimum atomic E-state index is 0. The Morgan fingerprint density at radius 3 is 1.00 bits per heavy atom. The van der Waals surface area contributed by atoms with Crippen LogP contribution in [0.2, 0.25) is 0 Å². The Labute approximate surface area is 93.5 Å². The third kappa shape index (κ3) is 5.67. The molecule has 0 aliphatic heterocycles. The lowest BCUT2D eigenvalue weighted by atomic mass is 9.77. The molecule has 0 N–H and O–H groups in total. The van der Waals surface area contributed by atoms with Gasteiger partial charge in [0.05, 0.1) is 0 Å². The first-order chi connectivity index (χ1) is 5.54. The molecule has 4 unspecified atom stereocenters. The Hall–Kier alpha value is 0. The highest BCUT2D eigenvalue weighted by Gasteiger charge is 2.21. The van der Waals surface area contributed by atoms with Crippen molar-refractivity contribution in [3.05, 3.63) is 0 Å². The van der Waals surface area contributed by atoms with E-state index in [2.05, 4.69) is 41.5 Å². The van der Waals surface area contributed by atoms with Gasteiger partial charge in [-0.1, -0.05) is 69.2 Å². The van der Waals surface area contributed by atoms with E-state index in [9.17, 15) is 0 Å². The van der Waals surface area contributed by atoms with E-state index in [1.165, 1.54) is 12.8 Å². The van der Waals surface area contributed by atoms with Gasteiger partial charge in [-0.05, 0) is 23.7 Å². The summed E-state index contributed by atoms with van der Waals surface area (Å²) in [4.78, 5) is 0. The molecule has 0 radical (unpaired) electrons. The molecule has 0 saturated carbocycles. The summed E-state index contributed by atoms with van der Waals surface area (Å²) in [5.74, 6) is 3.53. The molecule has 0 heteroatoms. The van der Waals surface area contributed by atoms with Crippen molar-refractivity contribution in [1.29, 1.82) is 0 Å². The van der Waals surface area contributed by atoms with Crippen molar-refractivity contribution in [2.75, 3.05) is 0 Å². The summed E-state index contributed by atoms with van der Waals surface area (Å²) in [7, 11) is 0. The summed E-state index contributed by atoms with van der Waals surface area (Å²) >= 11 is 0. The standard InChI is InChI=1S/C12H26.2CH4/c1-7-9(3)11(5)12(6)10(4)8-2;;/h9-12H,7-8H2,1-6H3;2*1H4. The lowest BCUT2D eigenvalue weighted by molar-refractivity contribution is 0.205. The molecular weight excluding hydrogens is 168 g/mol. The number of rotatable bonds is 5. The highest BCUT2D eigenvalue weighted by atomic mass is 14.3. The fourth-order valence-corrected chi connectivity index (χ4v) is 1.78. The van der Waals surface area contributed by atoms with Crippen LogP contribution in [0.25, 0.3) is 0 Å². The molecule has 0 fully saturated rings. The summed E-state index contributed by atoms with van der Waals surface area (Å²) in [5.41, 5.74) is 0. The normalized spacial score (nSPS) is 18.4. The van der Waals surface area contributed by atoms with Gasteiger partial charge in [0, 0.05) is 0 Å². The Kier molecular flexibility index (Phi) is 13.3. The maximum Gasteiger partial charge on any atom is -0.0389 e. The summed E-state index contributed by atoms with van der Waals surface area (Å²) < 4.78 is 0. The van der Waals surface area contributed by atoms with Crippen molar-refractivity contribution in [1.82, 2.24) is 0 Å². The van der Waals surface area contributed by atoms with Gasteiger partial charge in [-0.15, -0.1) is 0 Å². The fourth-order valence-electron chi connectivity index (χ4n) is 1.78. The molecule has 0 bridgehead atoms. The predicted octanol–water partition coefficient (Wildman–Crippen LogP) is 5.62. The van der Waals surface area contributed by atoms with Crippen molar-refractivity contribution < 1.29 is 0 Å². The highest BCUT2D eigenvalue weighted by Crippen LogP contribution is 2.29. The second kappa shape index (κ2) is 9.55. The maximum absolute atomic E-state index is 2.41. The quantitative estimate of drug-likeness (QED) is 0.542. The van der Waals surface area contributed by atoms with Crippen LogP contribution in [0.1, 0.15) is 69.2 Å². The van der Waals surface area contributed by atoms with Gasteiger partial charge in [-0.3, -0.25) is 0 Å². The lowest BCUT2D eigenvalue weighted by Crippen LogP contribution is -2.21. The maximum atomic E-state index is 2.41. The molecule has 0 amide bonds. The molecule has 4 atom stereocenters. The van der Waals surface area contributed by atoms with E-state index in [4.69, 9.17) is 0 Å². The van der Waals surface area contributed by atoms with E-state index < -0.39 is 0 Å². The van der Waals surface area contributed by atoms with E-state index in [1.807, 2.05) is 0 Å². The van der Waals surface area contributed by atoms with Gasteiger partial charge < -0.3 is 0 Å². The molecule has 0 aromatic rings. The zero-order valence-corrected chi connectivity index (χ0v) is 9.72. The minimum Gasteiger partial charge on any atom is -0.0776 e. The first-order valence-electron chi connectivity index (χ1n) is 5.54. The number of hydrogen-bond donors (Lipinski definition) is 0.